The quantitative estimate of drug-likeness (QED) is 0.624. The number of aromatic nitrogens is 2. The number of alkyl halides is 3. The van der Waals surface area contributed by atoms with Crippen molar-refractivity contribution in [2.75, 3.05) is 5.32 Å². The van der Waals surface area contributed by atoms with Crippen molar-refractivity contribution in [1.82, 2.24) is 9.97 Å². The third kappa shape index (κ3) is 4.64. The Hall–Kier alpha value is -3.33. The lowest BCUT2D eigenvalue weighted by molar-refractivity contribution is -0.274. The van der Waals surface area contributed by atoms with E-state index in [-0.39, 0.29) is 23.0 Å². The van der Waals surface area contributed by atoms with Crippen molar-refractivity contribution < 1.29 is 23.0 Å². The Kier molecular flexibility index (Phi) is 5.13. The van der Waals surface area contributed by atoms with Gasteiger partial charge in [0.15, 0.2) is 11.6 Å². The van der Waals surface area contributed by atoms with Crippen molar-refractivity contribution in [3.8, 4) is 22.8 Å². The minimum absolute atomic E-state index is 0.163. The highest BCUT2D eigenvalue weighted by Crippen LogP contribution is 2.34. The zero-order valence-electron chi connectivity index (χ0n) is 13.9. The van der Waals surface area contributed by atoms with Crippen LogP contribution in [0.25, 0.3) is 11.3 Å². The number of halogens is 3. The first-order chi connectivity index (χ1) is 12.9. The molecule has 0 unspecified atom stereocenters. The first-order valence-corrected chi connectivity index (χ1v) is 7.82. The lowest BCUT2D eigenvalue weighted by Gasteiger charge is -2.12. The van der Waals surface area contributed by atoms with Crippen LogP contribution in [-0.2, 0) is 6.54 Å². The van der Waals surface area contributed by atoms with Gasteiger partial charge in [0.05, 0.1) is 0 Å². The fraction of sp³-hybridized carbons (Fsp3) is 0.111. The Bertz CT molecular complexity index is 913. The van der Waals surface area contributed by atoms with Gasteiger partial charge in [0, 0.05) is 17.8 Å². The molecular formula is C18H15F3N4O2. The molecule has 9 heteroatoms. The molecular weight excluding hydrogens is 361 g/mol. The molecule has 1 aromatic heterocycles. The summed E-state index contributed by atoms with van der Waals surface area (Å²) in [6, 6.07) is 12.2. The number of nitrogens with one attached hydrogen (secondary N) is 1. The van der Waals surface area contributed by atoms with Crippen LogP contribution in [0.5, 0.6) is 11.5 Å². The first kappa shape index (κ1) is 18.5. The van der Waals surface area contributed by atoms with E-state index in [1.165, 1.54) is 18.5 Å². The van der Waals surface area contributed by atoms with Gasteiger partial charge in [-0.05, 0) is 42.0 Å². The van der Waals surface area contributed by atoms with E-state index >= 15 is 0 Å². The average molecular weight is 376 g/mol. The highest BCUT2D eigenvalue weighted by Gasteiger charge is 2.31. The van der Waals surface area contributed by atoms with Crippen LogP contribution < -0.4 is 15.8 Å². The third-order valence-electron chi connectivity index (χ3n) is 3.64. The number of rotatable bonds is 5. The molecule has 0 fully saturated rings. The third-order valence-corrected chi connectivity index (χ3v) is 3.64. The number of ether oxygens (including phenoxy) is 1. The second-order valence-corrected chi connectivity index (χ2v) is 5.52. The summed E-state index contributed by atoms with van der Waals surface area (Å²) in [4.78, 5) is 8.00. The number of anilines is 2. The summed E-state index contributed by atoms with van der Waals surface area (Å²) in [7, 11) is 0. The number of nitrogens with zero attached hydrogens (tertiary/aromatic N) is 2. The van der Waals surface area contributed by atoms with Crippen LogP contribution in [-0.4, -0.2) is 21.4 Å². The molecule has 2 aromatic carbocycles. The maximum atomic E-state index is 12.2. The number of hydrogen-bond donors (Lipinski definition) is 3. The molecule has 0 aliphatic heterocycles. The minimum Gasteiger partial charge on any atom is -0.503 e. The summed E-state index contributed by atoms with van der Waals surface area (Å²) in [6.07, 6.45) is -3.53. The molecule has 0 amide bonds. The summed E-state index contributed by atoms with van der Waals surface area (Å²) in [5, 5.41) is 13.4. The molecule has 0 spiro atoms. The Morgan fingerprint density at radius 1 is 1.00 bits per heavy atom. The standard InChI is InChI=1S/C18H15F3N4O2/c19-18(20,21)27-14-7-3-12(4-8-14)15-16(26)17(24-10-23-15)25-13-5-1-11(9-22)2-6-13/h1-8,10,26H,9,22H2,(H,23,24,25). The fourth-order valence-electron chi connectivity index (χ4n) is 2.36. The predicted molar refractivity (Wildman–Crippen MR) is 93.4 cm³/mol. The van der Waals surface area contributed by atoms with Gasteiger partial charge in [-0.3, -0.25) is 0 Å². The van der Waals surface area contributed by atoms with Crippen molar-refractivity contribution in [2.24, 2.45) is 5.73 Å². The lowest BCUT2D eigenvalue weighted by atomic mass is 10.1. The molecule has 6 nitrogen and oxygen atoms in total. The van der Waals surface area contributed by atoms with E-state index in [1.807, 2.05) is 12.1 Å². The zero-order chi connectivity index (χ0) is 19.4. The van der Waals surface area contributed by atoms with E-state index in [0.29, 0.717) is 17.8 Å². The summed E-state index contributed by atoms with van der Waals surface area (Å²) in [5.74, 6) is -0.431. The van der Waals surface area contributed by atoms with Gasteiger partial charge in [0.25, 0.3) is 0 Å². The highest BCUT2D eigenvalue weighted by atomic mass is 19.4. The summed E-state index contributed by atoms with van der Waals surface area (Å²) < 4.78 is 40.5. The van der Waals surface area contributed by atoms with Gasteiger partial charge < -0.3 is 20.9 Å². The van der Waals surface area contributed by atoms with Gasteiger partial charge in [-0.2, -0.15) is 0 Å². The van der Waals surface area contributed by atoms with Crippen LogP contribution in [0, 0.1) is 0 Å². The van der Waals surface area contributed by atoms with E-state index in [1.54, 1.807) is 12.1 Å². The highest BCUT2D eigenvalue weighted by molar-refractivity contribution is 5.74. The molecule has 4 N–H and O–H groups in total. The van der Waals surface area contributed by atoms with Gasteiger partial charge in [-0.25, -0.2) is 9.97 Å². The summed E-state index contributed by atoms with van der Waals surface area (Å²) in [6.45, 7) is 0.414. The van der Waals surface area contributed by atoms with Crippen molar-refractivity contribution in [2.45, 2.75) is 12.9 Å². The molecule has 3 rings (SSSR count). The molecule has 0 saturated carbocycles. The van der Waals surface area contributed by atoms with Crippen molar-refractivity contribution >= 4 is 11.5 Å². The van der Waals surface area contributed by atoms with E-state index in [0.717, 1.165) is 17.7 Å². The van der Waals surface area contributed by atoms with E-state index in [4.69, 9.17) is 5.73 Å². The number of benzene rings is 2. The van der Waals surface area contributed by atoms with Crippen LogP contribution in [0.4, 0.5) is 24.7 Å². The largest absolute Gasteiger partial charge is 0.573 e. The Balaban J connectivity index is 1.83. The Labute approximate surface area is 152 Å². The van der Waals surface area contributed by atoms with Crippen molar-refractivity contribution in [1.29, 1.82) is 0 Å². The second kappa shape index (κ2) is 7.50. The molecule has 1 heterocycles. The molecule has 0 bridgehead atoms. The van der Waals surface area contributed by atoms with Crippen LogP contribution in [0.1, 0.15) is 5.56 Å². The van der Waals surface area contributed by atoms with Gasteiger partial charge in [0.1, 0.15) is 17.8 Å². The van der Waals surface area contributed by atoms with Gasteiger partial charge in [-0.15, -0.1) is 13.2 Å². The zero-order valence-corrected chi connectivity index (χ0v) is 13.9. The molecule has 0 saturated heterocycles. The van der Waals surface area contributed by atoms with Gasteiger partial charge in [-0.1, -0.05) is 12.1 Å². The summed E-state index contributed by atoms with van der Waals surface area (Å²) >= 11 is 0. The minimum atomic E-state index is -4.77. The van der Waals surface area contributed by atoms with Crippen LogP contribution in [0.3, 0.4) is 0 Å². The lowest BCUT2D eigenvalue weighted by Crippen LogP contribution is -2.16. The molecule has 27 heavy (non-hydrogen) atoms. The average Bonchev–Trinajstić information content (AvgIpc) is 2.64. The van der Waals surface area contributed by atoms with E-state index in [9.17, 15) is 18.3 Å². The van der Waals surface area contributed by atoms with Crippen molar-refractivity contribution in [3.05, 3.63) is 60.4 Å². The fourth-order valence-corrected chi connectivity index (χ4v) is 2.36. The van der Waals surface area contributed by atoms with E-state index in [2.05, 4.69) is 20.0 Å². The number of aromatic hydroxyl groups is 1. The van der Waals surface area contributed by atoms with Gasteiger partial charge in [0.2, 0.25) is 0 Å². The number of hydrogen-bond acceptors (Lipinski definition) is 6. The van der Waals surface area contributed by atoms with Crippen LogP contribution >= 0.6 is 0 Å². The van der Waals surface area contributed by atoms with Gasteiger partial charge >= 0.3 is 6.36 Å². The molecule has 140 valence electrons. The Morgan fingerprint density at radius 2 is 1.67 bits per heavy atom. The first-order valence-electron chi connectivity index (χ1n) is 7.82. The smallest absolute Gasteiger partial charge is 0.503 e. The maximum Gasteiger partial charge on any atom is 0.573 e. The molecule has 0 aliphatic carbocycles. The molecule has 0 atom stereocenters. The topological polar surface area (TPSA) is 93.3 Å². The Morgan fingerprint density at radius 3 is 2.26 bits per heavy atom. The predicted octanol–water partition coefficient (Wildman–Crippen LogP) is 3.95. The monoisotopic (exact) mass is 376 g/mol. The van der Waals surface area contributed by atoms with Crippen LogP contribution in [0.15, 0.2) is 54.9 Å². The van der Waals surface area contributed by atoms with Crippen molar-refractivity contribution in [3.63, 3.8) is 0 Å². The SMILES string of the molecule is NCc1ccc(Nc2ncnc(-c3ccc(OC(F)(F)F)cc3)c2O)cc1. The maximum absolute atomic E-state index is 12.2. The van der Waals surface area contributed by atoms with E-state index < -0.39 is 6.36 Å². The molecule has 0 radical (unpaired) electrons. The number of nitrogens with two attached hydrogens (primary N) is 1. The second-order valence-electron chi connectivity index (χ2n) is 5.52. The molecule has 0 aliphatic rings. The van der Waals surface area contributed by atoms with Crippen LogP contribution in [0.2, 0.25) is 0 Å². The normalized spacial score (nSPS) is 11.3. The molecule has 3 aromatic rings. The summed E-state index contributed by atoms with van der Waals surface area (Å²) in [5.41, 5.74) is 7.77.